The van der Waals surface area contributed by atoms with Gasteiger partial charge in [-0.05, 0) is 38.1 Å². The van der Waals surface area contributed by atoms with Crippen molar-refractivity contribution in [1.82, 2.24) is 9.80 Å². The van der Waals surface area contributed by atoms with E-state index in [2.05, 4.69) is 0 Å². The van der Waals surface area contributed by atoms with E-state index in [1.807, 2.05) is 32.0 Å². The van der Waals surface area contributed by atoms with Gasteiger partial charge in [-0.25, -0.2) is 0 Å². The Labute approximate surface area is 181 Å². The first-order valence-corrected chi connectivity index (χ1v) is 10.4. The Morgan fingerprint density at radius 2 is 1.61 bits per heavy atom. The van der Waals surface area contributed by atoms with Crippen LogP contribution >= 0.6 is 0 Å². The zero-order chi connectivity index (χ0) is 22.2. The molecule has 0 unspecified atom stereocenters. The van der Waals surface area contributed by atoms with Gasteiger partial charge in [-0.2, -0.15) is 0 Å². The fourth-order valence-electron chi connectivity index (χ4n) is 4.40. The minimum absolute atomic E-state index is 0.0825. The standard InChI is InChI=1S/C24H26N2O5/c1-16-6-8-18(9-7-16)21(27)25-12-10-24(11-13-25)26(20(15-31-24)23(29)30)22(28)19-5-3-4-17(2)14-19/h3-9,14,20H,10-13,15H2,1-2H3,(H,29,30)/p-1/t20-/m1/s1. The van der Waals surface area contributed by atoms with Crippen molar-refractivity contribution in [2.75, 3.05) is 19.7 Å². The smallest absolute Gasteiger partial charge is 0.256 e. The molecule has 0 radical (unpaired) electrons. The molecule has 2 amide bonds. The Morgan fingerprint density at radius 1 is 0.935 bits per heavy atom. The van der Waals surface area contributed by atoms with Crippen molar-refractivity contribution >= 4 is 17.8 Å². The van der Waals surface area contributed by atoms with E-state index in [9.17, 15) is 19.5 Å². The lowest BCUT2D eigenvalue weighted by Gasteiger charge is -2.45. The number of carboxylic acid groups (broad SMARTS) is 1. The van der Waals surface area contributed by atoms with Gasteiger partial charge in [0.05, 0.1) is 18.6 Å². The predicted molar refractivity (Wildman–Crippen MR) is 111 cm³/mol. The fourth-order valence-corrected chi connectivity index (χ4v) is 4.40. The van der Waals surface area contributed by atoms with Crippen LogP contribution in [0.25, 0.3) is 0 Å². The van der Waals surface area contributed by atoms with Gasteiger partial charge in [-0.1, -0.05) is 35.4 Å². The maximum absolute atomic E-state index is 13.3. The lowest BCUT2D eigenvalue weighted by atomic mass is 9.96. The normalized spacial score (nSPS) is 20.1. The topological polar surface area (TPSA) is 90.0 Å². The van der Waals surface area contributed by atoms with Gasteiger partial charge in [0, 0.05) is 37.1 Å². The molecule has 0 aliphatic carbocycles. The van der Waals surface area contributed by atoms with E-state index in [4.69, 9.17) is 4.74 Å². The van der Waals surface area contributed by atoms with Crippen LogP contribution in [0.3, 0.4) is 0 Å². The molecule has 0 N–H and O–H groups in total. The summed E-state index contributed by atoms with van der Waals surface area (Å²) in [5, 5.41) is 11.8. The summed E-state index contributed by atoms with van der Waals surface area (Å²) in [6, 6.07) is 13.3. The third-order valence-corrected chi connectivity index (χ3v) is 6.15. The molecule has 0 saturated carbocycles. The molecule has 1 atom stereocenters. The van der Waals surface area contributed by atoms with Crippen molar-refractivity contribution < 1.29 is 24.2 Å². The molecule has 31 heavy (non-hydrogen) atoms. The van der Waals surface area contributed by atoms with E-state index >= 15 is 0 Å². The second kappa shape index (κ2) is 8.15. The molecule has 4 rings (SSSR count). The van der Waals surface area contributed by atoms with Crippen molar-refractivity contribution in [3.8, 4) is 0 Å². The Balaban J connectivity index is 1.56. The Bertz CT molecular complexity index is 1010. The highest BCUT2D eigenvalue weighted by molar-refractivity contribution is 5.97. The zero-order valence-corrected chi connectivity index (χ0v) is 17.7. The number of benzene rings is 2. The summed E-state index contributed by atoms with van der Waals surface area (Å²) >= 11 is 0. The van der Waals surface area contributed by atoms with Crippen LogP contribution in [0.4, 0.5) is 0 Å². The summed E-state index contributed by atoms with van der Waals surface area (Å²) in [4.78, 5) is 41.0. The molecule has 2 aromatic rings. The number of hydrogen-bond acceptors (Lipinski definition) is 5. The maximum Gasteiger partial charge on any atom is 0.256 e. The van der Waals surface area contributed by atoms with Crippen LogP contribution in [0.2, 0.25) is 0 Å². The number of carbonyl (C=O) groups is 3. The molecular weight excluding hydrogens is 396 g/mol. The molecule has 2 heterocycles. The Kier molecular flexibility index (Phi) is 5.54. The summed E-state index contributed by atoms with van der Waals surface area (Å²) in [7, 11) is 0. The number of carboxylic acids is 1. The molecule has 7 nitrogen and oxygen atoms in total. The van der Waals surface area contributed by atoms with E-state index < -0.39 is 23.6 Å². The second-order valence-corrected chi connectivity index (χ2v) is 8.29. The molecule has 2 aromatic carbocycles. The highest BCUT2D eigenvalue weighted by atomic mass is 16.5. The average molecular weight is 421 g/mol. The SMILES string of the molecule is Cc1ccc(C(=O)N2CCC3(CC2)OC[C@H](C(=O)[O-])N3C(=O)c2cccc(C)c2)cc1. The average Bonchev–Trinajstić information content (AvgIpc) is 3.12. The van der Waals surface area contributed by atoms with Gasteiger partial charge in [0.1, 0.15) is 5.72 Å². The van der Waals surface area contributed by atoms with E-state index in [1.165, 1.54) is 4.90 Å². The van der Waals surface area contributed by atoms with Crippen molar-refractivity contribution in [3.63, 3.8) is 0 Å². The number of piperidine rings is 1. The van der Waals surface area contributed by atoms with Crippen LogP contribution in [0.15, 0.2) is 48.5 Å². The number of aryl methyl sites for hydroxylation is 2. The number of amides is 2. The first-order chi connectivity index (χ1) is 14.8. The summed E-state index contributed by atoms with van der Waals surface area (Å²) in [5.41, 5.74) is 1.94. The third-order valence-electron chi connectivity index (χ3n) is 6.15. The molecule has 162 valence electrons. The molecule has 0 bridgehead atoms. The van der Waals surface area contributed by atoms with E-state index in [0.29, 0.717) is 37.1 Å². The quantitative estimate of drug-likeness (QED) is 0.750. The number of rotatable bonds is 3. The van der Waals surface area contributed by atoms with E-state index in [-0.39, 0.29) is 12.5 Å². The number of ether oxygens (including phenoxy) is 1. The molecule has 0 aromatic heterocycles. The van der Waals surface area contributed by atoms with Crippen LogP contribution in [-0.4, -0.2) is 59.0 Å². The number of aliphatic carboxylic acids is 1. The maximum atomic E-state index is 13.3. The van der Waals surface area contributed by atoms with Crippen LogP contribution in [0, 0.1) is 13.8 Å². The summed E-state index contributed by atoms with van der Waals surface area (Å²) in [6.07, 6.45) is 0.678. The van der Waals surface area contributed by atoms with Crippen molar-refractivity contribution in [2.45, 2.75) is 38.5 Å². The van der Waals surface area contributed by atoms with E-state index in [1.54, 1.807) is 35.2 Å². The monoisotopic (exact) mass is 421 g/mol. The Hall–Kier alpha value is -3.19. The summed E-state index contributed by atoms with van der Waals surface area (Å²) in [6.45, 7) is 4.45. The van der Waals surface area contributed by atoms with Gasteiger partial charge in [0.15, 0.2) is 0 Å². The predicted octanol–water partition coefficient (Wildman–Crippen LogP) is 1.53. The van der Waals surface area contributed by atoms with Crippen molar-refractivity contribution in [1.29, 1.82) is 0 Å². The molecular formula is C24H25N2O5-. The van der Waals surface area contributed by atoms with E-state index in [0.717, 1.165) is 11.1 Å². The lowest BCUT2D eigenvalue weighted by molar-refractivity contribution is -0.310. The van der Waals surface area contributed by atoms with Crippen LogP contribution < -0.4 is 5.11 Å². The van der Waals surface area contributed by atoms with Gasteiger partial charge < -0.3 is 19.5 Å². The summed E-state index contributed by atoms with van der Waals surface area (Å²) in [5.74, 6) is -1.81. The van der Waals surface area contributed by atoms with Crippen LogP contribution in [-0.2, 0) is 9.53 Å². The number of carbonyl (C=O) groups excluding carboxylic acids is 3. The van der Waals surface area contributed by atoms with Gasteiger partial charge in [0.25, 0.3) is 11.8 Å². The van der Waals surface area contributed by atoms with Crippen LogP contribution in [0.5, 0.6) is 0 Å². The third kappa shape index (κ3) is 3.93. The van der Waals surface area contributed by atoms with Crippen molar-refractivity contribution in [2.24, 2.45) is 0 Å². The molecule has 7 heteroatoms. The number of likely N-dealkylation sites (tertiary alicyclic amines) is 1. The van der Waals surface area contributed by atoms with Gasteiger partial charge in [-0.15, -0.1) is 0 Å². The largest absolute Gasteiger partial charge is 0.548 e. The Morgan fingerprint density at radius 3 is 2.23 bits per heavy atom. The van der Waals surface area contributed by atoms with Gasteiger partial charge in [-0.3, -0.25) is 14.5 Å². The summed E-state index contributed by atoms with van der Waals surface area (Å²) < 4.78 is 5.94. The van der Waals surface area contributed by atoms with Gasteiger partial charge >= 0.3 is 0 Å². The second-order valence-electron chi connectivity index (χ2n) is 8.29. The number of nitrogens with zero attached hydrogens (tertiary/aromatic N) is 2. The molecule has 2 aliphatic heterocycles. The first-order valence-electron chi connectivity index (χ1n) is 10.4. The molecule has 2 aliphatic rings. The highest BCUT2D eigenvalue weighted by Crippen LogP contribution is 2.38. The lowest BCUT2D eigenvalue weighted by Crippen LogP contribution is -2.60. The highest BCUT2D eigenvalue weighted by Gasteiger charge is 2.52. The van der Waals surface area contributed by atoms with Crippen LogP contribution in [0.1, 0.15) is 44.7 Å². The van der Waals surface area contributed by atoms with Gasteiger partial charge in [0.2, 0.25) is 0 Å². The van der Waals surface area contributed by atoms with Crippen molar-refractivity contribution in [3.05, 3.63) is 70.8 Å². The molecule has 2 fully saturated rings. The fraction of sp³-hybridized carbons (Fsp3) is 0.375. The zero-order valence-electron chi connectivity index (χ0n) is 17.7. The number of hydrogen-bond donors (Lipinski definition) is 0. The minimum atomic E-state index is -1.34. The minimum Gasteiger partial charge on any atom is -0.548 e. The first kappa shape index (κ1) is 21.1. The molecule has 2 saturated heterocycles. The molecule has 1 spiro atoms.